The zero-order chi connectivity index (χ0) is 24.9. The number of aryl methyl sites for hydroxylation is 1. The molecule has 2 fully saturated rings. The van der Waals surface area contributed by atoms with Gasteiger partial charge in [0, 0.05) is 37.6 Å². The topological polar surface area (TPSA) is 100 Å². The number of piperidine rings is 1. The van der Waals surface area contributed by atoms with E-state index in [2.05, 4.69) is 45.4 Å². The number of amides is 1. The summed E-state index contributed by atoms with van der Waals surface area (Å²) in [6.45, 7) is 6.47. The van der Waals surface area contributed by atoms with Crippen molar-refractivity contribution >= 4 is 23.4 Å². The second-order valence-corrected chi connectivity index (χ2v) is 10.1. The highest BCUT2D eigenvalue weighted by molar-refractivity contribution is 5.77. The number of carbonyl (C=O) groups is 1. The number of rotatable bonds is 10. The van der Waals surface area contributed by atoms with Crippen LogP contribution in [0.5, 0.6) is 0 Å². The van der Waals surface area contributed by atoms with Crippen molar-refractivity contribution in [2.75, 3.05) is 57.0 Å². The maximum atomic E-state index is 12.1. The first-order valence-electron chi connectivity index (χ1n) is 13.3. The van der Waals surface area contributed by atoms with Gasteiger partial charge in [-0.3, -0.25) is 9.48 Å². The molecule has 0 atom stereocenters. The molecule has 1 aliphatic carbocycles. The van der Waals surface area contributed by atoms with Gasteiger partial charge in [0.25, 0.3) is 5.91 Å². The molecule has 5 rings (SSSR count). The van der Waals surface area contributed by atoms with Crippen LogP contribution in [0.1, 0.15) is 62.2 Å². The number of hydrogen-bond acceptors (Lipinski definition) is 8. The average Bonchev–Trinajstić information content (AvgIpc) is 3.68. The first-order valence-corrected chi connectivity index (χ1v) is 13.3. The van der Waals surface area contributed by atoms with Crippen LogP contribution in [0.15, 0.2) is 24.7 Å². The lowest BCUT2D eigenvalue weighted by Crippen LogP contribution is -2.34. The maximum Gasteiger partial charge on any atom is 0.260 e. The third kappa shape index (κ3) is 5.98. The van der Waals surface area contributed by atoms with Crippen LogP contribution in [-0.4, -0.2) is 81.8 Å². The molecule has 0 bridgehead atoms. The third-order valence-electron chi connectivity index (χ3n) is 7.26. The van der Waals surface area contributed by atoms with Crippen molar-refractivity contribution in [2.45, 2.75) is 57.4 Å². The molecule has 2 aromatic rings. The highest BCUT2D eigenvalue weighted by Crippen LogP contribution is 2.43. The van der Waals surface area contributed by atoms with E-state index in [0.717, 1.165) is 62.5 Å². The van der Waals surface area contributed by atoms with Gasteiger partial charge in [0.15, 0.2) is 6.61 Å². The monoisotopic (exact) mass is 494 g/mol. The van der Waals surface area contributed by atoms with Crippen LogP contribution >= 0.6 is 0 Å². The number of anilines is 3. The first kappa shape index (κ1) is 24.5. The lowest BCUT2D eigenvalue weighted by molar-refractivity contribution is -0.133. The van der Waals surface area contributed by atoms with Crippen LogP contribution in [0.2, 0.25) is 0 Å². The van der Waals surface area contributed by atoms with E-state index in [1.54, 1.807) is 6.26 Å². The summed E-state index contributed by atoms with van der Waals surface area (Å²) in [5, 5.41) is 11.8. The molecule has 0 unspecified atom stereocenters. The van der Waals surface area contributed by atoms with Gasteiger partial charge in [-0.05, 0) is 70.7 Å². The third-order valence-corrected chi connectivity index (χ3v) is 7.26. The van der Waals surface area contributed by atoms with E-state index in [4.69, 9.17) is 14.8 Å². The van der Waals surface area contributed by atoms with Gasteiger partial charge in [-0.2, -0.15) is 10.1 Å². The Balaban J connectivity index is 1.23. The van der Waals surface area contributed by atoms with Gasteiger partial charge in [-0.1, -0.05) is 6.92 Å². The summed E-state index contributed by atoms with van der Waals surface area (Å²) in [4.78, 5) is 25.8. The second kappa shape index (κ2) is 11.3. The summed E-state index contributed by atoms with van der Waals surface area (Å²) in [6, 6.07) is 0.440. The molecule has 2 aromatic heterocycles. The van der Waals surface area contributed by atoms with Gasteiger partial charge >= 0.3 is 0 Å². The average molecular weight is 495 g/mol. The number of nitrogens with one attached hydrogen (secondary N) is 2. The van der Waals surface area contributed by atoms with Crippen LogP contribution in [0, 0.1) is 0 Å². The van der Waals surface area contributed by atoms with E-state index in [1.165, 1.54) is 18.4 Å². The SMILES string of the molecule is CCc1nn(C2CCN(C)CC2)cc1Nc1ncc(C2CC2)c(NCCCN2CC=COCC2=O)n1. The Morgan fingerprint density at radius 3 is 2.81 bits per heavy atom. The molecule has 2 aliphatic heterocycles. The van der Waals surface area contributed by atoms with Crippen molar-refractivity contribution in [3.05, 3.63) is 36.0 Å². The predicted octanol–water partition coefficient (Wildman–Crippen LogP) is 3.30. The standard InChI is InChI=1S/C26H38N8O2/c1-3-22-23(17-34(31-22)20-8-13-32(2)14-9-20)29-26-28-16-21(19-6-7-19)25(30-26)27-10-4-11-33-12-5-15-36-18-24(33)35/h5,15-17,19-20H,3-4,6-14,18H2,1-2H3,(H2,27,28,29,30). The van der Waals surface area contributed by atoms with Crippen molar-refractivity contribution in [1.29, 1.82) is 0 Å². The Morgan fingerprint density at radius 1 is 1.19 bits per heavy atom. The summed E-state index contributed by atoms with van der Waals surface area (Å²) in [7, 11) is 2.18. The van der Waals surface area contributed by atoms with Crippen LogP contribution in [0.3, 0.4) is 0 Å². The number of nitrogens with zero attached hydrogens (tertiary/aromatic N) is 6. The van der Waals surface area contributed by atoms with Gasteiger partial charge in [-0.25, -0.2) is 4.98 Å². The van der Waals surface area contributed by atoms with Crippen LogP contribution in [0.25, 0.3) is 0 Å². The number of carbonyl (C=O) groups excluding carboxylic acids is 1. The highest BCUT2D eigenvalue weighted by Gasteiger charge is 2.28. The fourth-order valence-electron chi connectivity index (χ4n) is 4.89. The van der Waals surface area contributed by atoms with E-state index in [9.17, 15) is 4.79 Å². The lowest BCUT2D eigenvalue weighted by Gasteiger charge is -2.28. The first-order chi connectivity index (χ1) is 17.6. The van der Waals surface area contributed by atoms with Crippen molar-refractivity contribution < 1.29 is 9.53 Å². The molecule has 4 heterocycles. The molecule has 3 aliphatic rings. The summed E-state index contributed by atoms with van der Waals surface area (Å²) >= 11 is 0. The van der Waals surface area contributed by atoms with E-state index in [1.807, 2.05) is 17.2 Å². The molecule has 1 amide bonds. The van der Waals surface area contributed by atoms with Crippen molar-refractivity contribution in [3.63, 3.8) is 0 Å². The summed E-state index contributed by atoms with van der Waals surface area (Å²) in [5.41, 5.74) is 3.20. The number of aromatic nitrogens is 4. The van der Waals surface area contributed by atoms with Gasteiger partial charge in [0.05, 0.1) is 23.7 Å². The van der Waals surface area contributed by atoms with E-state index in [0.29, 0.717) is 31.0 Å². The van der Waals surface area contributed by atoms with Crippen molar-refractivity contribution in [3.8, 4) is 0 Å². The van der Waals surface area contributed by atoms with Crippen LogP contribution < -0.4 is 10.6 Å². The molecule has 194 valence electrons. The molecule has 10 heteroatoms. The molecular formula is C26H38N8O2. The normalized spacial score (nSPS) is 19.3. The highest BCUT2D eigenvalue weighted by atomic mass is 16.5. The second-order valence-electron chi connectivity index (χ2n) is 10.1. The number of hydrogen-bond donors (Lipinski definition) is 2. The Bertz CT molecular complexity index is 1070. The Morgan fingerprint density at radius 2 is 2.03 bits per heavy atom. The summed E-state index contributed by atoms with van der Waals surface area (Å²) in [5.74, 6) is 2.04. The quantitative estimate of drug-likeness (QED) is 0.486. The van der Waals surface area contributed by atoms with Gasteiger partial charge in [0.1, 0.15) is 5.82 Å². The Kier molecular flexibility index (Phi) is 7.69. The summed E-state index contributed by atoms with van der Waals surface area (Å²) < 4.78 is 7.30. The smallest absolute Gasteiger partial charge is 0.260 e. The molecule has 1 saturated heterocycles. The van der Waals surface area contributed by atoms with Gasteiger partial charge < -0.3 is 25.2 Å². The van der Waals surface area contributed by atoms with E-state index < -0.39 is 0 Å². The number of ether oxygens (including phenoxy) is 1. The van der Waals surface area contributed by atoms with Gasteiger partial charge in [-0.15, -0.1) is 0 Å². The van der Waals surface area contributed by atoms with E-state index >= 15 is 0 Å². The van der Waals surface area contributed by atoms with E-state index in [-0.39, 0.29) is 12.5 Å². The molecule has 10 nitrogen and oxygen atoms in total. The van der Waals surface area contributed by atoms with Crippen LogP contribution in [0.4, 0.5) is 17.5 Å². The largest absolute Gasteiger partial charge is 0.492 e. The molecule has 1 saturated carbocycles. The Hall–Kier alpha value is -3.14. The molecule has 0 aromatic carbocycles. The number of likely N-dealkylation sites (tertiary alicyclic amines) is 1. The maximum absolute atomic E-state index is 12.1. The predicted molar refractivity (Wildman–Crippen MR) is 139 cm³/mol. The fraction of sp³-hybridized carbons (Fsp3) is 0.615. The zero-order valence-corrected chi connectivity index (χ0v) is 21.4. The minimum absolute atomic E-state index is 0.0275. The molecule has 36 heavy (non-hydrogen) atoms. The Labute approximate surface area is 213 Å². The van der Waals surface area contributed by atoms with Crippen molar-refractivity contribution in [1.82, 2.24) is 29.5 Å². The minimum atomic E-state index is 0.0275. The molecular weight excluding hydrogens is 456 g/mol. The molecule has 2 N–H and O–H groups in total. The van der Waals surface area contributed by atoms with Gasteiger partial charge in [0.2, 0.25) is 5.95 Å². The zero-order valence-electron chi connectivity index (χ0n) is 21.4. The molecule has 0 radical (unpaired) electrons. The molecule has 0 spiro atoms. The van der Waals surface area contributed by atoms with Crippen LogP contribution in [-0.2, 0) is 16.0 Å². The summed E-state index contributed by atoms with van der Waals surface area (Å²) in [6.07, 6.45) is 13.9. The minimum Gasteiger partial charge on any atom is -0.492 e. The van der Waals surface area contributed by atoms with Crippen molar-refractivity contribution in [2.24, 2.45) is 0 Å². The fourth-order valence-corrected chi connectivity index (χ4v) is 4.89. The lowest BCUT2D eigenvalue weighted by atomic mass is 10.1.